The van der Waals surface area contributed by atoms with Crippen molar-refractivity contribution < 1.29 is 9.59 Å². The van der Waals surface area contributed by atoms with Gasteiger partial charge in [-0.1, -0.05) is 49.4 Å². The Balaban J connectivity index is 1.41. The molecule has 0 saturated carbocycles. The van der Waals surface area contributed by atoms with E-state index in [1.807, 2.05) is 54.6 Å². The monoisotopic (exact) mass is 384 g/mol. The minimum Gasteiger partial charge on any atom is -0.329 e. The van der Waals surface area contributed by atoms with E-state index in [-0.39, 0.29) is 29.1 Å². The van der Waals surface area contributed by atoms with Gasteiger partial charge in [0.1, 0.15) is 11.5 Å². The van der Waals surface area contributed by atoms with Gasteiger partial charge in [-0.25, -0.2) is 10.9 Å². The van der Waals surface area contributed by atoms with Crippen LogP contribution in [0.5, 0.6) is 0 Å². The first-order valence-corrected chi connectivity index (χ1v) is 10.0. The summed E-state index contributed by atoms with van der Waals surface area (Å²) in [5.74, 6) is 0.0516. The highest BCUT2D eigenvalue weighted by Crippen LogP contribution is 2.13. The Morgan fingerprint density at radius 3 is 2.44 bits per heavy atom. The van der Waals surface area contributed by atoms with Crippen LogP contribution in [0.25, 0.3) is 0 Å². The van der Waals surface area contributed by atoms with E-state index < -0.39 is 0 Å². The van der Waals surface area contributed by atoms with E-state index in [0.717, 1.165) is 17.7 Å². The first-order chi connectivity index (χ1) is 13.1. The predicted molar refractivity (Wildman–Crippen MR) is 109 cm³/mol. The number of aryl methyl sites for hydroxylation is 1. The summed E-state index contributed by atoms with van der Waals surface area (Å²) in [5, 5.41) is 5.76. The Labute approximate surface area is 163 Å². The zero-order valence-corrected chi connectivity index (χ0v) is 16.0. The number of hydrogen-bond donors (Lipinski definition) is 4. The molecule has 6 nitrogen and oxygen atoms in total. The number of benzene rings is 2. The van der Waals surface area contributed by atoms with E-state index >= 15 is 0 Å². The number of rotatable bonds is 7. The standard InChI is InChI=1S/C20H24N4O2S/c1-2-14-8-10-16(11-9-14)21-18(25)13-27-20-22-19(26)17(23-24-20)12-15-6-4-3-5-7-15/h3-11,17,20,23-24H,2,12-13H2,1H3,(H,21,25)(H,22,26). The molecule has 0 radical (unpaired) electrons. The smallest absolute Gasteiger partial charge is 0.240 e. The number of hydrogen-bond acceptors (Lipinski definition) is 5. The normalized spacial score (nSPS) is 19.4. The molecule has 0 aromatic heterocycles. The molecule has 7 heteroatoms. The summed E-state index contributed by atoms with van der Waals surface area (Å²) < 4.78 is 0. The number of amides is 2. The molecule has 1 aliphatic rings. The zero-order chi connectivity index (χ0) is 19.1. The molecular weight excluding hydrogens is 360 g/mol. The van der Waals surface area contributed by atoms with Crippen molar-refractivity contribution in [3.8, 4) is 0 Å². The molecular formula is C20H24N4O2S. The van der Waals surface area contributed by atoms with Gasteiger partial charge in [-0.3, -0.25) is 9.59 Å². The number of carbonyl (C=O) groups is 2. The number of hydrazine groups is 1. The van der Waals surface area contributed by atoms with Crippen LogP contribution in [0, 0.1) is 0 Å². The molecule has 27 heavy (non-hydrogen) atoms. The third-order valence-corrected chi connectivity index (χ3v) is 5.29. The van der Waals surface area contributed by atoms with Gasteiger partial charge in [0.15, 0.2) is 0 Å². The van der Waals surface area contributed by atoms with Gasteiger partial charge in [0.05, 0.1) is 5.75 Å². The van der Waals surface area contributed by atoms with Gasteiger partial charge in [-0.2, -0.15) is 0 Å². The van der Waals surface area contributed by atoms with Crippen LogP contribution in [0.3, 0.4) is 0 Å². The molecule has 2 aromatic carbocycles. The van der Waals surface area contributed by atoms with Crippen molar-refractivity contribution in [3.05, 3.63) is 65.7 Å². The SMILES string of the molecule is CCc1ccc(NC(=O)CSC2NNC(Cc3ccccc3)C(=O)N2)cc1. The average molecular weight is 385 g/mol. The van der Waals surface area contributed by atoms with Crippen molar-refractivity contribution in [2.45, 2.75) is 31.3 Å². The van der Waals surface area contributed by atoms with E-state index in [1.165, 1.54) is 17.3 Å². The van der Waals surface area contributed by atoms with Crippen molar-refractivity contribution in [1.29, 1.82) is 0 Å². The molecule has 1 aliphatic heterocycles. The Morgan fingerprint density at radius 2 is 1.78 bits per heavy atom. The van der Waals surface area contributed by atoms with Gasteiger partial charge in [-0.05, 0) is 36.1 Å². The van der Waals surface area contributed by atoms with Crippen LogP contribution in [0.4, 0.5) is 5.69 Å². The highest BCUT2D eigenvalue weighted by Gasteiger charge is 2.27. The minimum absolute atomic E-state index is 0.0781. The fraction of sp³-hybridized carbons (Fsp3) is 0.300. The number of anilines is 1. The first-order valence-electron chi connectivity index (χ1n) is 9.00. The Bertz CT molecular complexity index is 767. The Morgan fingerprint density at radius 1 is 1.04 bits per heavy atom. The van der Waals surface area contributed by atoms with Gasteiger partial charge in [0, 0.05) is 5.69 Å². The predicted octanol–water partition coefficient (Wildman–Crippen LogP) is 2.04. The zero-order valence-electron chi connectivity index (χ0n) is 15.2. The summed E-state index contributed by atoms with van der Waals surface area (Å²) >= 11 is 1.33. The second kappa shape index (κ2) is 9.55. The maximum absolute atomic E-state index is 12.3. The molecule has 1 heterocycles. The summed E-state index contributed by atoms with van der Waals surface area (Å²) in [4.78, 5) is 24.4. The van der Waals surface area contributed by atoms with Gasteiger partial charge >= 0.3 is 0 Å². The minimum atomic E-state index is -0.349. The quantitative estimate of drug-likeness (QED) is 0.587. The highest BCUT2D eigenvalue weighted by molar-refractivity contribution is 8.00. The van der Waals surface area contributed by atoms with Crippen LogP contribution in [-0.4, -0.2) is 29.1 Å². The summed E-state index contributed by atoms with van der Waals surface area (Å²) in [6.07, 6.45) is 1.57. The molecule has 1 saturated heterocycles. The lowest BCUT2D eigenvalue weighted by atomic mass is 10.1. The lowest BCUT2D eigenvalue weighted by Crippen LogP contribution is -2.64. The van der Waals surface area contributed by atoms with Crippen molar-refractivity contribution in [1.82, 2.24) is 16.2 Å². The third kappa shape index (κ3) is 5.82. The Hall–Kier alpha value is -2.35. The van der Waals surface area contributed by atoms with E-state index in [9.17, 15) is 9.59 Å². The van der Waals surface area contributed by atoms with Crippen molar-refractivity contribution in [2.24, 2.45) is 0 Å². The summed E-state index contributed by atoms with van der Waals surface area (Å²) in [5.41, 5.74) is 8.84. The summed E-state index contributed by atoms with van der Waals surface area (Å²) in [7, 11) is 0. The maximum Gasteiger partial charge on any atom is 0.240 e. The molecule has 2 amide bonds. The van der Waals surface area contributed by atoms with Crippen molar-refractivity contribution in [2.75, 3.05) is 11.1 Å². The second-order valence-electron chi connectivity index (χ2n) is 6.33. The van der Waals surface area contributed by atoms with Crippen LogP contribution < -0.4 is 21.5 Å². The molecule has 0 spiro atoms. The lowest BCUT2D eigenvalue weighted by Gasteiger charge is -2.31. The third-order valence-electron chi connectivity index (χ3n) is 4.29. The van der Waals surface area contributed by atoms with Crippen LogP contribution in [0.15, 0.2) is 54.6 Å². The molecule has 1 fully saturated rings. The van der Waals surface area contributed by atoms with E-state index in [0.29, 0.717) is 6.42 Å². The topological polar surface area (TPSA) is 82.3 Å². The number of thioether (sulfide) groups is 1. The lowest BCUT2D eigenvalue weighted by molar-refractivity contribution is -0.125. The second-order valence-corrected chi connectivity index (χ2v) is 7.42. The van der Waals surface area contributed by atoms with Crippen molar-refractivity contribution in [3.63, 3.8) is 0 Å². The molecule has 0 bridgehead atoms. The van der Waals surface area contributed by atoms with Crippen LogP contribution in [-0.2, 0) is 22.4 Å². The van der Waals surface area contributed by atoms with Gasteiger partial charge in [0.25, 0.3) is 0 Å². The summed E-state index contributed by atoms with van der Waals surface area (Å²) in [6.45, 7) is 2.09. The largest absolute Gasteiger partial charge is 0.329 e. The molecule has 0 aliphatic carbocycles. The molecule has 3 rings (SSSR count). The van der Waals surface area contributed by atoms with E-state index in [1.54, 1.807) is 0 Å². The number of carbonyl (C=O) groups excluding carboxylic acids is 2. The maximum atomic E-state index is 12.3. The summed E-state index contributed by atoms with van der Waals surface area (Å²) in [6, 6.07) is 17.3. The molecule has 2 atom stereocenters. The molecule has 2 unspecified atom stereocenters. The van der Waals surface area contributed by atoms with Gasteiger partial charge in [0.2, 0.25) is 11.8 Å². The average Bonchev–Trinajstić information content (AvgIpc) is 2.70. The fourth-order valence-corrected chi connectivity index (χ4v) is 3.51. The van der Waals surface area contributed by atoms with Gasteiger partial charge in [-0.15, -0.1) is 11.8 Å². The molecule has 142 valence electrons. The first kappa shape index (κ1) is 19.4. The highest BCUT2D eigenvalue weighted by atomic mass is 32.2. The Kier molecular flexibility index (Phi) is 6.86. The van der Waals surface area contributed by atoms with E-state index in [4.69, 9.17) is 0 Å². The van der Waals surface area contributed by atoms with Gasteiger partial charge < -0.3 is 10.6 Å². The van der Waals surface area contributed by atoms with Crippen molar-refractivity contribution >= 4 is 29.3 Å². The fourth-order valence-electron chi connectivity index (χ4n) is 2.76. The molecule has 2 aromatic rings. The van der Waals surface area contributed by atoms with Crippen LogP contribution in [0.1, 0.15) is 18.1 Å². The number of nitrogens with one attached hydrogen (secondary N) is 4. The van der Waals surface area contributed by atoms with Crippen LogP contribution in [0.2, 0.25) is 0 Å². The molecule has 4 N–H and O–H groups in total. The van der Waals surface area contributed by atoms with Crippen LogP contribution >= 0.6 is 11.8 Å². The van der Waals surface area contributed by atoms with E-state index in [2.05, 4.69) is 28.4 Å².